The van der Waals surface area contributed by atoms with Crippen LogP contribution in [0.3, 0.4) is 0 Å². The van der Waals surface area contributed by atoms with Gasteiger partial charge in [-0.1, -0.05) is 18.2 Å². The van der Waals surface area contributed by atoms with Gasteiger partial charge in [0.2, 0.25) is 0 Å². The number of halogens is 1. The first-order valence-electron chi connectivity index (χ1n) is 5.84. The summed E-state index contributed by atoms with van der Waals surface area (Å²) in [5.74, 6) is 1.29. The van der Waals surface area contributed by atoms with E-state index < -0.39 is 7.12 Å². The maximum absolute atomic E-state index is 9.20. The van der Waals surface area contributed by atoms with Gasteiger partial charge in [0.05, 0.1) is 6.57 Å². The molecule has 6 heteroatoms. The van der Waals surface area contributed by atoms with E-state index in [-0.39, 0.29) is 5.88 Å². The highest BCUT2D eigenvalue weighted by molar-refractivity contribution is 6.59. The quantitative estimate of drug-likeness (QED) is 0.516. The minimum absolute atomic E-state index is 0.154. The predicted molar refractivity (Wildman–Crippen MR) is 78.6 cm³/mol. The Morgan fingerprint density at radius 2 is 1.75 bits per heavy atom. The lowest BCUT2D eigenvalue weighted by atomic mass is 9.77. The predicted octanol–water partition coefficient (Wildman–Crippen LogP) is 2.45. The molecule has 0 spiro atoms. The van der Waals surface area contributed by atoms with E-state index in [2.05, 4.69) is 4.85 Å². The Morgan fingerprint density at radius 1 is 1.10 bits per heavy atom. The molecule has 0 aliphatic heterocycles. The molecule has 2 aromatic carbocycles. The van der Waals surface area contributed by atoms with Gasteiger partial charge in [-0.25, -0.2) is 4.85 Å². The molecule has 20 heavy (non-hydrogen) atoms. The number of benzene rings is 2. The van der Waals surface area contributed by atoms with Crippen molar-refractivity contribution in [1.29, 1.82) is 0 Å². The minimum atomic E-state index is -1.56. The van der Waals surface area contributed by atoms with E-state index in [4.69, 9.17) is 22.9 Å². The van der Waals surface area contributed by atoms with E-state index in [9.17, 15) is 10.0 Å². The smallest absolute Gasteiger partial charge is 0.457 e. The molecule has 0 heterocycles. The first-order chi connectivity index (χ1) is 9.63. The third-order valence-corrected chi connectivity index (χ3v) is 3.03. The fourth-order valence-corrected chi connectivity index (χ4v) is 1.97. The van der Waals surface area contributed by atoms with Gasteiger partial charge < -0.3 is 14.8 Å². The molecule has 0 aromatic heterocycles. The maximum Gasteiger partial charge on any atom is 0.488 e. The molecule has 2 aromatic rings. The molecule has 0 unspecified atom stereocenters. The lowest BCUT2D eigenvalue weighted by Gasteiger charge is -2.10. The summed E-state index contributed by atoms with van der Waals surface area (Å²) in [5.41, 5.74) is 1.49. The van der Waals surface area contributed by atoms with Crippen molar-refractivity contribution in [1.82, 2.24) is 0 Å². The van der Waals surface area contributed by atoms with E-state index in [0.717, 1.165) is 0 Å². The molecule has 0 saturated heterocycles. The van der Waals surface area contributed by atoms with Gasteiger partial charge in [0.15, 0.2) is 5.69 Å². The molecule has 0 radical (unpaired) electrons. The normalized spacial score (nSPS) is 9.90. The van der Waals surface area contributed by atoms with Crippen LogP contribution in [-0.4, -0.2) is 17.2 Å². The summed E-state index contributed by atoms with van der Waals surface area (Å²) in [6, 6.07) is 11.6. The van der Waals surface area contributed by atoms with Crippen LogP contribution in [0.25, 0.3) is 4.85 Å². The molecule has 100 valence electrons. The molecule has 4 nitrogen and oxygen atoms in total. The van der Waals surface area contributed by atoms with Crippen LogP contribution >= 0.6 is 11.6 Å². The molecule has 0 amide bonds. The monoisotopic (exact) mass is 287 g/mol. The maximum atomic E-state index is 9.20. The summed E-state index contributed by atoms with van der Waals surface area (Å²) in [4.78, 5) is 3.30. The molecule has 0 fully saturated rings. The average molecular weight is 288 g/mol. The van der Waals surface area contributed by atoms with E-state index in [1.165, 1.54) is 0 Å². The summed E-state index contributed by atoms with van der Waals surface area (Å²) < 4.78 is 5.63. The Balaban J connectivity index is 2.23. The van der Waals surface area contributed by atoms with Crippen molar-refractivity contribution in [3.63, 3.8) is 0 Å². The van der Waals surface area contributed by atoms with Crippen LogP contribution in [0.4, 0.5) is 5.69 Å². The largest absolute Gasteiger partial charge is 0.488 e. The Hall–Kier alpha value is -2.00. The Morgan fingerprint density at radius 3 is 2.30 bits per heavy atom. The second-order valence-corrected chi connectivity index (χ2v) is 4.34. The van der Waals surface area contributed by atoms with Gasteiger partial charge in [0, 0.05) is 5.88 Å². The lowest BCUT2D eigenvalue weighted by Crippen LogP contribution is -2.32. The second kappa shape index (κ2) is 6.44. The molecule has 0 atom stereocenters. The first-order valence-corrected chi connectivity index (χ1v) is 6.38. The van der Waals surface area contributed by atoms with Crippen LogP contribution in [0.15, 0.2) is 42.5 Å². The van der Waals surface area contributed by atoms with Crippen LogP contribution < -0.4 is 10.2 Å². The van der Waals surface area contributed by atoms with Crippen molar-refractivity contribution >= 4 is 29.9 Å². The van der Waals surface area contributed by atoms with Gasteiger partial charge in [-0.15, -0.1) is 11.6 Å². The van der Waals surface area contributed by atoms with Crippen molar-refractivity contribution in [3.05, 3.63) is 59.4 Å². The third-order valence-electron chi connectivity index (χ3n) is 2.74. The third kappa shape index (κ3) is 3.31. The Kier molecular flexibility index (Phi) is 4.64. The van der Waals surface area contributed by atoms with Gasteiger partial charge in [-0.05, 0) is 35.3 Å². The van der Waals surface area contributed by atoms with E-state index in [1.54, 1.807) is 42.5 Å². The molecule has 0 aliphatic rings. The van der Waals surface area contributed by atoms with E-state index in [1.807, 2.05) is 0 Å². The van der Waals surface area contributed by atoms with Crippen molar-refractivity contribution in [2.24, 2.45) is 0 Å². The molecular formula is C14H11BClNO3. The number of alkyl halides is 1. The zero-order valence-electron chi connectivity index (χ0n) is 10.5. The zero-order chi connectivity index (χ0) is 14.5. The molecular weight excluding hydrogens is 276 g/mol. The van der Waals surface area contributed by atoms with Gasteiger partial charge in [-0.3, -0.25) is 0 Å². The number of hydrogen-bond donors (Lipinski definition) is 2. The van der Waals surface area contributed by atoms with Gasteiger partial charge in [-0.2, -0.15) is 0 Å². The lowest BCUT2D eigenvalue weighted by molar-refractivity contribution is 0.425. The fourth-order valence-electron chi connectivity index (χ4n) is 1.74. The van der Waals surface area contributed by atoms with Crippen LogP contribution in [-0.2, 0) is 5.88 Å². The SMILES string of the molecule is [C-]#[N+]c1ccc(Oc2ccc(B(O)O)c(CCl)c2)cc1. The van der Waals surface area contributed by atoms with E-state index >= 15 is 0 Å². The van der Waals surface area contributed by atoms with Crippen LogP contribution in [0.1, 0.15) is 5.56 Å². The summed E-state index contributed by atoms with van der Waals surface area (Å²) in [5, 5.41) is 18.4. The summed E-state index contributed by atoms with van der Waals surface area (Å²) in [6.45, 7) is 6.87. The van der Waals surface area contributed by atoms with Crippen LogP contribution in [0, 0.1) is 6.57 Å². The summed E-state index contributed by atoms with van der Waals surface area (Å²) in [7, 11) is -1.56. The minimum Gasteiger partial charge on any atom is -0.457 e. The Bertz CT molecular complexity index is 638. The molecule has 2 rings (SSSR count). The molecule has 0 aliphatic carbocycles. The van der Waals surface area contributed by atoms with E-state index in [0.29, 0.717) is 28.2 Å². The fraction of sp³-hybridized carbons (Fsp3) is 0.0714. The van der Waals surface area contributed by atoms with Gasteiger partial charge in [0.25, 0.3) is 0 Å². The summed E-state index contributed by atoms with van der Waals surface area (Å²) in [6.07, 6.45) is 0. The van der Waals surface area contributed by atoms with Crippen molar-refractivity contribution in [2.45, 2.75) is 5.88 Å². The number of nitrogens with zero attached hydrogens (tertiary/aromatic N) is 1. The average Bonchev–Trinajstić information content (AvgIpc) is 2.47. The van der Waals surface area contributed by atoms with Crippen molar-refractivity contribution in [3.8, 4) is 11.5 Å². The summed E-state index contributed by atoms with van der Waals surface area (Å²) >= 11 is 5.78. The van der Waals surface area contributed by atoms with Gasteiger partial charge in [0.1, 0.15) is 11.5 Å². The highest BCUT2D eigenvalue weighted by atomic mass is 35.5. The number of rotatable bonds is 4. The topological polar surface area (TPSA) is 54.0 Å². The molecule has 0 bridgehead atoms. The zero-order valence-corrected chi connectivity index (χ0v) is 11.2. The van der Waals surface area contributed by atoms with Crippen LogP contribution in [0.2, 0.25) is 0 Å². The number of ether oxygens (including phenoxy) is 1. The standard InChI is InChI=1S/C14H11BClNO3/c1-17-11-2-4-12(5-3-11)20-13-6-7-14(15(18)19)10(8-13)9-16/h2-8,18-19H,9H2. The number of hydrogen-bond acceptors (Lipinski definition) is 3. The highest BCUT2D eigenvalue weighted by Gasteiger charge is 2.16. The highest BCUT2D eigenvalue weighted by Crippen LogP contribution is 2.24. The first kappa shape index (κ1) is 14.4. The molecule has 2 N–H and O–H groups in total. The Labute approximate surface area is 122 Å². The second-order valence-electron chi connectivity index (χ2n) is 4.08. The molecule has 0 saturated carbocycles. The van der Waals surface area contributed by atoms with Crippen LogP contribution in [0.5, 0.6) is 11.5 Å². The van der Waals surface area contributed by atoms with Gasteiger partial charge >= 0.3 is 7.12 Å². The van der Waals surface area contributed by atoms with Crippen molar-refractivity contribution in [2.75, 3.05) is 0 Å². The van der Waals surface area contributed by atoms with Crippen molar-refractivity contribution < 1.29 is 14.8 Å².